The number of carbonyl (C=O) groups is 1. The second-order valence-corrected chi connectivity index (χ2v) is 6.31. The van der Waals surface area contributed by atoms with Crippen molar-refractivity contribution in [3.63, 3.8) is 0 Å². The van der Waals surface area contributed by atoms with E-state index in [1.54, 1.807) is 11.9 Å². The third-order valence-electron chi connectivity index (χ3n) is 3.78. The van der Waals surface area contributed by atoms with Crippen molar-refractivity contribution in [1.82, 2.24) is 4.90 Å². The first-order valence-corrected chi connectivity index (χ1v) is 7.73. The lowest BCUT2D eigenvalue weighted by Crippen LogP contribution is -2.53. The highest BCUT2D eigenvalue weighted by atomic mass is 79.9. The summed E-state index contributed by atoms with van der Waals surface area (Å²) in [4.78, 5) is 14.0. The van der Waals surface area contributed by atoms with Crippen LogP contribution in [-0.4, -0.2) is 36.5 Å². The van der Waals surface area contributed by atoms with Gasteiger partial charge in [0.05, 0.1) is 12.1 Å². The SMILES string of the molecule is CN(CCOc1ccc(Br)cc1)C(=O)C1(N)CCCC1. The van der Waals surface area contributed by atoms with Gasteiger partial charge in [0.25, 0.3) is 0 Å². The zero-order valence-electron chi connectivity index (χ0n) is 11.8. The summed E-state index contributed by atoms with van der Waals surface area (Å²) in [6.07, 6.45) is 3.68. The number of halogens is 1. The third-order valence-corrected chi connectivity index (χ3v) is 4.31. The molecule has 0 aromatic heterocycles. The minimum atomic E-state index is -0.646. The molecule has 0 spiro atoms. The topological polar surface area (TPSA) is 55.6 Å². The van der Waals surface area contributed by atoms with Crippen molar-refractivity contribution in [1.29, 1.82) is 0 Å². The van der Waals surface area contributed by atoms with Gasteiger partial charge in [0.2, 0.25) is 5.91 Å². The van der Waals surface area contributed by atoms with Gasteiger partial charge in [-0.3, -0.25) is 4.79 Å². The third kappa shape index (κ3) is 3.73. The fourth-order valence-corrected chi connectivity index (χ4v) is 2.80. The first-order valence-electron chi connectivity index (χ1n) is 6.94. The van der Waals surface area contributed by atoms with Crippen LogP contribution in [0.3, 0.4) is 0 Å². The summed E-state index contributed by atoms with van der Waals surface area (Å²) in [6.45, 7) is 1.02. The van der Waals surface area contributed by atoms with Crippen molar-refractivity contribution in [2.75, 3.05) is 20.2 Å². The Hall–Kier alpha value is -1.07. The molecule has 1 amide bonds. The Morgan fingerprint density at radius 3 is 2.55 bits per heavy atom. The van der Waals surface area contributed by atoms with Gasteiger partial charge in [0.1, 0.15) is 12.4 Å². The minimum Gasteiger partial charge on any atom is -0.492 e. The van der Waals surface area contributed by atoms with E-state index in [1.165, 1.54) is 0 Å². The van der Waals surface area contributed by atoms with E-state index >= 15 is 0 Å². The Bertz CT molecular complexity index is 455. The number of benzene rings is 1. The van der Waals surface area contributed by atoms with Crippen molar-refractivity contribution < 1.29 is 9.53 Å². The normalized spacial score (nSPS) is 16.9. The van der Waals surface area contributed by atoms with Crippen LogP contribution >= 0.6 is 15.9 Å². The largest absolute Gasteiger partial charge is 0.492 e. The van der Waals surface area contributed by atoms with E-state index in [1.807, 2.05) is 24.3 Å². The van der Waals surface area contributed by atoms with Crippen LogP contribution in [0.2, 0.25) is 0 Å². The molecular formula is C15H21BrN2O2. The fraction of sp³-hybridized carbons (Fsp3) is 0.533. The molecule has 0 heterocycles. The Morgan fingerprint density at radius 1 is 1.35 bits per heavy atom. The molecule has 110 valence electrons. The number of amides is 1. The monoisotopic (exact) mass is 340 g/mol. The number of nitrogens with zero attached hydrogens (tertiary/aromatic N) is 1. The summed E-state index contributed by atoms with van der Waals surface area (Å²) in [7, 11) is 1.79. The summed E-state index contributed by atoms with van der Waals surface area (Å²) in [5.74, 6) is 0.840. The van der Waals surface area contributed by atoms with Gasteiger partial charge in [-0.25, -0.2) is 0 Å². The van der Waals surface area contributed by atoms with E-state index in [2.05, 4.69) is 15.9 Å². The van der Waals surface area contributed by atoms with Crippen LogP contribution in [0, 0.1) is 0 Å². The van der Waals surface area contributed by atoms with Crippen molar-refractivity contribution in [2.45, 2.75) is 31.2 Å². The molecule has 2 N–H and O–H groups in total. The van der Waals surface area contributed by atoms with Crippen LogP contribution in [0.1, 0.15) is 25.7 Å². The average molecular weight is 341 g/mol. The highest BCUT2D eigenvalue weighted by Crippen LogP contribution is 2.28. The molecule has 1 aliphatic carbocycles. The molecule has 20 heavy (non-hydrogen) atoms. The fourth-order valence-electron chi connectivity index (χ4n) is 2.53. The van der Waals surface area contributed by atoms with Crippen LogP contribution in [0.4, 0.5) is 0 Å². The zero-order chi connectivity index (χ0) is 14.6. The summed E-state index contributed by atoms with van der Waals surface area (Å²) < 4.78 is 6.64. The Balaban J connectivity index is 1.78. The van der Waals surface area contributed by atoms with Crippen molar-refractivity contribution in [3.8, 4) is 5.75 Å². The van der Waals surface area contributed by atoms with Gasteiger partial charge in [0, 0.05) is 11.5 Å². The number of likely N-dealkylation sites (N-methyl/N-ethyl adjacent to an activating group) is 1. The molecule has 1 fully saturated rings. The molecule has 1 aromatic carbocycles. The molecule has 0 bridgehead atoms. The van der Waals surface area contributed by atoms with Crippen molar-refractivity contribution in [3.05, 3.63) is 28.7 Å². The van der Waals surface area contributed by atoms with Gasteiger partial charge >= 0.3 is 0 Å². The van der Waals surface area contributed by atoms with Crippen LogP contribution < -0.4 is 10.5 Å². The molecule has 0 atom stereocenters. The number of hydrogen-bond acceptors (Lipinski definition) is 3. The lowest BCUT2D eigenvalue weighted by atomic mass is 9.97. The van der Waals surface area contributed by atoms with Crippen LogP contribution in [0.5, 0.6) is 5.75 Å². The lowest BCUT2D eigenvalue weighted by molar-refractivity contribution is -0.135. The summed E-state index contributed by atoms with van der Waals surface area (Å²) in [5.41, 5.74) is 5.52. The van der Waals surface area contributed by atoms with Gasteiger partial charge in [-0.2, -0.15) is 0 Å². The van der Waals surface area contributed by atoms with E-state index in [4.69, 9.17) is 10.5 Å². The van der Waals surface area contributed by atoms with Crippen molar-refractivity contribution >= 4 is 21.8 Å². The zero-order valence-corrected chi connectivity index (χ0v) is 13.4. The molecule has 1 saturated carbocycles. The highest BCUT2D eigenvalue weighted by Gasteiger charge is 2.38. The second kappa shape index (κ2) is 6.59. The molecule has 5 heteroatoms. The van der Waals surface area contributed by atoms with Gasteiger partial charge in [0.15, 0.2) is 0 Å². The van der Waals surface area contributed by atoms with Crippen LogP contribution in [0.25, 0.3) is 0 Å². The first-order chi connectivity index (χ1) is 9.51. The smallest absolute Gasteiger partial charge is 0.242 e. The second-order valence-electron chi connectivity index (χ2n) is 5.39. The Morgan fingerprint density at radius 2 is 1.95 bits per heavy atom. The number of nitrogens with two attached hydrogens (primary N) is 1. The molecule has 2 rings (SSSR count). The van der Waals surface area contributed by atoms with Crippen LogP contribution in [0.15, 0.2) is 28.7 Å². The maximum absolute atomic E-state index is 12.3. The molecular weight excluding hydrogens is 320 g/mol. The standard InChI is InChI=1S/C15H21BrN2O2/c1-18(14(19)15(17)8-2-3-9-15)10-11-20-13-6-4-12(16)5-7-13/h4-7H,2-3,8-11,17H2,1H3. The summed E-state index contributed by atoms with van der Waals surface area (Å²) >= 11 is 3.38. The van der Waals surface area contributed by atoms with Crippen LogP contribution in [-0.2, 0) is 4.79 Å². The van der Waals surface area contributed by atoms with E-state index in [0.29, 0.717) is 13.2 Å². The van der Waals surface area contributed by atoms with Gasteiger partial charge in [-0.05, 0) is 37.1 Å². The molecule has 0 unspecified atom stereocenters. The van der Waals surface area contributed by atoms with Crippen molar-refractivity contribution in [2.24, 2.45) is 5.73 Å². The van der Waals surface area contributed by atoms with E-state index < -0.39 is 5.54 Å². The van der Waals surface area contributed by atoms with Gasteiger partial charge in [-0.1, -0.05) is 28.8 Å². The first kappa shape index (κ1) is 15.3. The number of carbonyl (C=O) groups excluding carboxylic acids is 1. The predicted octanol–water partition coefficient (Wildman–Crippen LogP) is 2.56. The van der Waals surface area contributed by atoms with E-state index in [9.17, 15) is 4.79 Å². The molecule has 4 nitrogen and oxygen atoms in total. The Kier molecular flexibility index (Phi) is 5.05. The van der Waals surface area contributed by atoms with E-state index in [0.717, 1.165) is 35.9 Å². The molecule has 0 saturated heterocycles. The molecule has 1 aromatic rings. The molecule has 1 aliphatic rings. The molecule has 0 radical (unpaired) electrons. The summed E-state index contributed by atoms with van der Waals surface area (Å²) in [6, 6.07) is 7.65. The average Bonchev–Trinajstić information content (AvgIpc) is 2.88. The lowest BCUT2D eigenvalue weighted by Gasteiger charge is -2.28. The summed E-state index contributed by atoms with van der Waals surface area (Å²) in [5, 5.41) is 0. The molecule has 0 aliphatic heterocycles. The van der Waals surface area contributed by atoms with Gasteiger partial charge in [-0.15, -0.1) is 0 Å². The number of rotatable bonds is 5. The maximum Gasteiger partial charge on any atom is 0.242 e. The number of hydrogen-bond donors (Lipinski definition) is 1. The quantitative estimate of drug-likeness (QED) is 0.896. The highest BCUT2D eigenvalue weighted by molar-refractivity contribution is 9.10. The van der Waals surface area contributed by atoms with E-state index in [-0.39, 0.29) is 5.91 Å². The maximum atomic E-state index is 12.3. The predicted molar refractivity (Wildman–Crippen MR) is 82.7 cm³/mol. The number of ether oxygens (including phenoxy) is 1. The Labute approximate surface area is 128 Å². The minimum absolute atomic E-state index is 0.0365. The van der Waals surface area contributed by atoms with Gasteiger partial charge < -0.3 is 15.4 Å².